The number of nitrogens with one attached hydrogen (secondary N) is 2. The van der Waals surface area contributed by atoms with Crippen LogP contribution in [0.4, 0.5) is 0 Å². The number of Topliss-reactive ketones (excluding diaryl/α,β-unsaturated/α-hetero) is 1. The molecule has 3 unspecified atom stereocenters. The van der Waals surface area contributed by atoms with E-state index in [1.165, 1.54) is 64.9 Å². The second kappa shape index (κ2) is 59.2. The molecule has 3 N–H and O–H groups in total. The molecule has 512 valence electrons. The molecule has 0 spiro atoms. The molecule has 0 aliphatic carbocycles. The Balaban J connectivity index is 0. The maximum Gasteiger partial charge on any atom is 1.00 e. The summed E-state index contributed by atoms with van der Waals surface area (Å²) >= 11 is 0. The predicted octanol–water partition coefficient (Wildman–Crippen LogP) is 2.67. The molecule has 0 bridgehead atoms. The van der Waals surface area contributed by atoms with Crippen molar-refractivity contribution in [3.05, 3.63) is 12.2 Å². The number of allylic oxidation sites excluding steroid dienone is 2. The van der Waals surface area contributed by atoms with Gasteiger partial charge in [0.05, 0.1) is 33.6 Å². The van der Waals surface area contributed by atoms with Gasteiger partial charge in [0.15, 0.2) is 12.6 Å². The number of ketones is 1. The second-order valence-electron chi connectivity index (χ2n) is 24.4. The number of hydrogen-bond donors (Lipinski definition) is 3. The third-order valence-electron chi connectivity index (χ3n) is 16.4. The first-order valence-electron chi connectivity index (χ1n) is 34.2. The Morgan fingerprint density at radius 3 is 1.49 bits per heavy atom. The Morgan fingerprint density at radius 2 is 0.967 bits per heavy atom. The van der Waals surface area contributed by atoms with Crippen LogP contribution in [-0.2, 0) is 65.7 Å². The van der Waals surface area contributed by atoms with Gasteiger partial charge in [0.1, 0.15) is 62.1 Å². The number of rotatable bonds is 57. The van der Waals surface area contributed by atoms with Crippen molar-refractivity contribution < 1.29 is 174 Å². The minimum atomic E-state index is -5.75. The van der Waals surface area contributed by atoms with E-state index in [0.717, 1.165) is 148 Å². The van der Waals surface area contributed by atoms with Crippen LogP contribution in [0.1, 0.15) is 272 Å². The van der Waals surface area contributed by atoms with Crippen molar-refractivity contribution in [3.8, 4) is 0 Å². The van der Waals surface area contributed by atoms with Gasteiger partial charge >= 0.3 is 88.7 Å². The van der Waals surface area contributed by atoms with Crippen molar-refractivity contribution >= 4 is 33.0 Å². The summed E-state index contributed by atoms with van der Waals surface area (Å²) in [5, 5.41) is 18.0. The van der Waals surface area contributed by atoms with Crippen LogP contribution in [0.3, 0.4) is 0 Å². The van der Waals surface area contributed by atoms with E-state index < -0.39 is 102 Å². The summed E-state index contributed by atoms with van der Waals surface area (Å²) in [6.07, 6.45) is 27.2. The molecular weight excluding hydrogens is 1230 g/mol. The molecule has 2 rings (SSSR count). The first-order chi connectivity index (χ1) is 41.9. The fourth-order valence-corrected chi connectivity index (χ4v) is 12.5. The summed E-state index contributed by atoms with van der Waals surface area (Å²) in [5.41, 5.74) is 0. The van der Waals surface area contributed by atoms with E-state index in [0.29, 0.717) is 25.7 Å². The monoisotopic (exact) mass is 1350 g/mol. The summed E-state index contributed by atoms with van der Waals surface area (Å²) in [4.78, 5) is 79.1. The zero-order chi connectivity index (χ0) is 64.0. The standard InChI is InChI=1S/C65H124N2O18P2.3Na/c1-8-12-16-20-23-26-27-28-29-31-33-37-41-45-56(69)66-59-63(80-48-46-53(78-6)44-40-35-19-15-11-4)61(84-87(74,75)76)55(50-77-5)83-64(59)81-51-54-60(71)62(79-47-42-38-34-25-22-18-14-10-3)58(65(82-54)85-86(7,72)73)67-57(70)49-52(68)43-39-36-32-30-24-21-17-13-9-2;;;/h26-27,53-55,58-65,71H,8-25,28-51H2,1-7H3,(H,66,69)(H,67,70)(H,72,73)(H2,74,75,76);;;/q;3*+1/p-3/b27-26-;;;/t53-,54?,55-,58-,59-,60-,61-,62-,63-,64?,65-;;;/m1.../s1. The number of aliphatic hydroxyl groups is 1. The molecule has 2 heterocycles. The number of phosphoric acid groups is 1. The number of amides is 2. The normalized spacial score (nSPS) is 22.9. The number of phosphoric ester groups is 1. The zero-order valence-corrected chi connectivity index (χ0v) is 65.8. The van der Waals surface area contributed by atoms with E-state index >= 15 is 0 Å². The Bertz CT molecular complexity index is 1880. The Morgan fingerprint density at radius 1 is 0.511 bits per heavy atom. The molecule has 12 atom stereocenters. The van der Waals surface area contributed by atoms with Crippen LogP contribution in [0.5, 0.6) is 0 Å². The summed E-state index contributed by atoms with van der Waals surface area (Å²) in [6.45, 7) is 8.76. The molecule has 90 heavy (non-hydrogen) atoms. The van der Waals surface area contributed by atoms with E-state index in [1.807, 2.05) is 0 Å². The fourth-order valence-electron chi connectivity index (χ4n) is 11.4. The van der Waals surface area contributed by atoms with Gasteiger partial charge in [0.2, 0.25) is 11.8 Å². The minimum absolute atomic E-state index is 0. The molecule has 0 aromatic heterocycles. The Kier molecular flexibility index (Phi) is 61.4. The van der Waals surface area contributed by atoms with E-state index in [2.05, 4.69) is 50.5 Å². The van der Waals surface area contributed by atoms with Gasteiger partial charge < -0.3 is 81.8 Å². The number of methoxy groups -OCH3 is 2. The minimum Gasteiger partial charge on any atom is -0.790 e. The van der Waals surface area contributed by atoms with Crippen molar-refractivity contribution in [2.24, 2.45) is 0 Å². The molecule has 0 aromatic rings. The smallest absolute Gasteiger partial charge is 0.790 e. The van der Waals surface area contributed by atoms with Crippen molar-refractivity contribution in [1.82, 2.24) is 10.6 Å². The Labute approximate surface area is 610 Å². The molecule has 20 nitrogen and oxygen atoms in total. The van der Waals surface area contributed by atoms with Crippen LogP contribution in [-0.4, -0.2) is 137 Å². The van der Waals surface area contributed by atoms with E-state index in [9.17, 15) is 43.3 Å². The number of ether oxygens (including phenoxy) is 7. The first kappa shape index (κ1) is 93.3. The molecule has 2 fully saturated rings. The molecule has 0 radical (unpaired) electrons. The summed E-state index contributed by atoms with van der Waals surface area (Å²) in [7, 11) is -7.45. The van der Waals surface area contributed by atoms with Crippen LogP contribution in [0.2, 0.25) is 0 Å². The van der Waals surface area contributed by atoms with Crippen molar-refractivity contribution in [2.75, 3.05) is 47.3 Å². The summed E-state index contributed by atoms with van der Waals surface area (Å²) < 4.78 is 79.5. The third-order valence-corrected chi connectivity index (χ3v) is 17.5. The van der Waals surface area contributed by atoms with Crippen LogP contribution < -0.4 is 114 Å². The van der Waals surface area contributed by atoms with Gasteiger partial charge in [-0.2, -0.15) is 0 Å². The average Bonchev–Trinajstić information content (AvgIpc) is 0.982. The predicted molar refractivity (Wildman–Crippen MR) is 335 cm³/mol. The van der Waals surface area contributed by atoms with Gasteiger partial charge in [-0.1, -0.05) is 207 Å². The maximum atomic E-state index is 14.1. The molecule has 2 saturated heterocycles. The molecule has 2 aliphatic heterocycles. The van der Waals surface area contributed by atoms with Gasteiger partial charge in [-0.05, 0) is 57.8 Å². The molecule has 0 saturated carbocycles. The SMILES string of the molecule is CCCCCC/C=C\CCCCCCCC(=O)N[C@H]1C(OCC2O[C@H](OP(C)(=O)[O-])[C@H](NC(=O)CC(=O)CCCCCCCCCCC)[C@@H](OCCCCCCCCCC)[C@@H]2O)O[C@H](COC)[C@@H](OP(=O)([O-])[O-])[C@@H]1OCC[C@@H](CCCCCCC)OC.[Na+].[Na+].[Na+]. The first-order valence-corrected chi connectivity index (χ1v) is 37.6. The van der Waals surface area contributed by atoms with Gasteiger partial charge in [-0.3, -0.25) is 14.4 Å². The molecule has 0 aromatic carbocycles. The van der Waals surface area contributed by atoms with Crippen LogP contribution in [0, 0.1) is 0 Å². The molecule has 2 aliphatic rings. The zero-order valence-electron chi connectivity index (χ0n) is 58.0. The maximum absolute atomic E-state index is 14.1. The van der Waals surface area contributed by atoms with E-state index in [4.69, 9.17) is 42.2 Å². The van der Waals surface area contributed by atoms with E-state index in [1.54, 1.807) is 7.11 Å². The summed E-state index contributed by atoms with van der Waals surface area (Å²) in [5.74, 6) is -1.45. The number of unbranched alkanes of at least 4 members (excludes halogenated alkanes) is 28. The largest absolute Gasteiger partial charge is 1.00 e. The number of hydrogen-bond acceptors (Lipinski definition) is 18. The van der Waals surface area contributed by atoms with E-state index in [-0.39, 0.29) is 133 Å². The molecule has 25 heteroatoms. The fraction of sp³-hybridized carbons (Fsp3) is 0.923. The van der Waals surface area contributed by atoms with Crippen molar-refractivity contribution in [2.45, 2.75) is 339 Å². The second-order valence-corrected chi connectivity index (χ2v) is 27.2. The topological polar surface area (TPSA) is 282 Å². The van der Waals surface area contributed by atoms with Gasteiger partial charge in [-0.15, -0.1) is 0 Å². The summed E-state index contributed by atoms with van der Waals surface area (Å²) in [6, 6.07) is -2.75. The van der Waals surface area contributed by atoms with Crippen molar-refractivity contribution in [1.29, 1.82) is 0 Å². The number of carbonyl (C=O) groups is 3. The number of carbonyl (C=O) groups excluding carboxylic acids is 3. The van der Waals surface area contributed by atoms with Crippen LogP contribution in [0.15, 0.2) is 12.2 Å². The van der Waals surface area contributed by atoms with Gasteiger partial charge in [-0.25, -0.2) is 0 Å². The van der Waals surface area contributed by atoms with Gasteiger partial charge in [0.25, 0.3) is 0 Å². The molecular formula is C65H121N2Na3O18P2. The quantitative estimate of drug-likeness (QED) is 0.0259. The Hall–Kier alpha value is 1.29. The third kappa shape index (κ3) is 45.8. The van der Waals surface area contributed by atoms with Gasteiger partial charge in [0, 0.05) is 46.9 Å². The van der Waals surface area contributed by atoms with Crippen molar-refractivity contribution in [3.63, 3.8) is 0 Å². The number of aliphatic hydroxyl groups excluding tert-OH is 1. The van der Waals surface area contributed by atoms with Crippen LogP contribution in [0.25, 0.3) is 0 Å². The van der Waals surface area contributed by atoms with Crippen LogP contribution >= 0.6 is 15.4 Å². The molecule has 2 amide bonds. The average molecular weight is 1350 g/mol.